The molecule has 0 fully saturated rings. The van der Waals surface area contributed by atoms with Crippen LogP contribution < -0.4 is 0 Å². The third-order valence-corrected chi connectivity index (χ3v) is 4.26. The van der Waals surface area contributed by atoms with Gasteiger partial charge in [0, 0.05) is 35.3 Å². The molecule has 132 valence electrons. The lowest BCUT2D eigenvalue weighted by Crippen LogP contribution is -2.00. The summed E-state index contributed by atoms with van der Waals surface area (Å²) >= 11 is 0. The van der Waals surface area contributed by atoms with E-state index in [4.69, 9.17) is 0 Å². The lowest BCUT2D eigenvalue weighted by atomic mass is 10.2. The lowest BCUT2D eigenvalue weighted by molar-refractivity contribution is -0.384. The van der Waals surface area contributed by atoms with Crippen molar-refractivity contribution in [2.75, 3.05) is 0 Å². The Kier molecular flexibility index (Phi) is 4.67. The van der Waals surface area contributed by atoms with Crippen LogP contribution in [0.25, 0.3) is 5.69 Å². The molecule has 0 saturated carbocycles. The van der Waals surface area contributed by atoms with Gasteiger partial charge in [0.1, 0.15) is 5.82 Å². The molecule has 2 aromatic carbocycles. The van der Waals surface area contributed by atoms with Crippen LogP contribution in [0.3, 0.4) is 0 Å². The van der Waals surface area contributed by atoms with E-state index in [0.29, 0.717) is 11.3 Å². The summed E-state index contributed by atoms with van der Waals surface area (Å²) in [4.78, 5) is 15.0. The van der Waals surface area contributed by atoms with Crippen LogP contribution in [0.1, 0.15) is 22.5 Å². The van der Waals surface area contributed by atoms with Crippen molar-refractivity contribution >= 4 is 17.6 Å². The quantitative estimate of drug-likeness (QED) is 0.368. The highest BCUT2D eigenvalue weighted by Gasteiger charge is 2.12. The molecule has 3 rings (SSSR count). The molecule has 0 saturated heterocycles. The molecule has 0 spiro atoms. The average molecular weight is 351 g/mol. The van der Waals surface area contributed by atoms with Crippen LogP contribution in [0.15, 0.2) is 53.5 Å². The van der Waals surface area contributed by atoms with Crippen LogP contribution >= 0.6 is 0 Å². The predicted octanol–water partition coefficient (Wildman–Crippen LogP) is 5.20. The number of nitro benzene ring substituents is 1. The molecule has 0 aliphatic carbocycles. The molecular weight excluding hydrogens is 333 g/mol. The van der Waals surface area contributed by atoms with Gasteiger partial charge in [-0.05, 0) is 56.7 Å². The molecule has 6 heteroatoms. The van der Waals surface area contributed by atoms with E-state index in [9.17, 15) is 14.5 Å². The van der Waals surface area contributed by atoms with Crippen molar-refractivity contribution in [1.82, 2.24) is 4.57 Å². The molecule has 0 atom stereocenters. The summed E-state index contributed by atoms with van der Waals surface area (Å²) in [6, 6.07) is 13.2. The van der Waals surface area contributed by atoms with E-state index in [1.54, 1.807) is 37.4 Å². The summed E-state index contributed by atoms with van der Waals surface area (Å²) in [5.41, 5.74) is 4.76. The van der Waals surface area contributed by atoms with E-state index >= 15 is 0 Å². The predicted molar refractivity (Wildman–Crippen MR) is 100 cm³/mol. The van der Waals surface area contributed by atoms with E-state index in [-0.39, 0.29) is 11.5 Å². The SMILES string of the molecule is Cc1cc(N=Cc2cc(C)n(-c3cccc([N+](=O)[O-])c3)c2C)ccc1F. The molecule has 0 aliphatic heterocycles. The number of non-ortho nitro benzene ring substituents is 1. The Morgan fingerprint density at radius 1 is 1.12 bits per heavy atom. The maximum atomic E-state index is 13.4. The number of hydrogen-bond donors (Lipinski definition) is 0. The second kappa shape index (κ2) is 6.92. The summed E-state index contributed by atoms with van der Waals surface area (Å²) in [6.45, 7) is 5.57. The van der Waals surface area contributed by atoms with Gasteiger partial charge in [-0.25, -0.2) is 4.39 Å². The van der Waals surface area contributed by atoms with E-state index in [0.717, 1.165) is 22.6 Å². The first-order valence-corrected chi connectivity index (χ1v) is 8.11. The first-order chi connectivity index (χ1) is 12.4. The second-order valence-corrected chi connectivity index (χ2v) is 6.13. The van der Waals surface area contributed by atoms with Crippen LogP contribution in [-0.2, 0) is 0 Å². The lowest BCUT2D eigenvalue weighted by Gasteiger charge is -2.09. The molecule has 5 nitrogen and oxygen atoms in total. The van der Waals surface area contributed by atoms with Gasteiger partial charge in [-0.1, -0.05) is 6.07 Å². The summed E-state index contributed by atoms with van der Waals surface area (Å²) in [5.74, 6) is -0.257. The molecule has 0 radical (unpaired) electrons. The summed E-state index contributed by atoms with van der Waals surface area (Å²) in [6.07, 6.45) is 1.73. The van der Waals surface area contributed by atoms with Gasteiger partial charge in [0.15, 0.2) is 0 Å². The molecular formula is C20H18FN3O2. The van der Waals surface area contributed by atoms with E-state index in [1.807, 2.05) is 30.5 Å². The Morgan fingerprint density at radius 2 is 1.88 bits per heavy atom. The van der Waals surface area contributed by atoms with Crippen LogP contribution in [0.2, 0.25) is 0 Å². The molecule has 3 aromatic rings. The van der Waals surface area contributed by atoms with Crippen molar-refractivity contribution in [1.29, 1.82) is 0 Å². The van der Waals surface area contributed by atoms with Gasteiger partial charge in [0.25, 0.3) is 5.69 Å². The number of nitrogens with zero attached hydrogens (tertiary/aromatic N) is 3. The molecule has 0 amide bonds. The number of rotatable bonds is 4. The first-order valence-electron chi connectivity index (χ1n) is 8.11. The van der Waals surface area contributed by atoms with E-state index in [2.05, 4.69) is 4.99 Å². The zero-order valence-electron chi connectivity index (χ0n) is 14.7. The third-order valence-electron chi connectivity index (χ3n) is 4.26. The maximum absolute atomic E-state index is 13.4. The smallest absolute Gasteiger partial charge is 0.271 e. The molecule has 1 aromatic heterocycles. The van der Waals surface area contributed by atoms with Crippen molar-refractivity contribution in [3.63, 3.8) is 0 Å². The first kappa shape index (κ1) is 17.5. The van der Waals surface area contributed by atoms with Gasteiger partial charge in [-0.3, -0.25) is 15.1 Å². The van der Waals surface area contributed by atoms with Crippen LogP contribution in [-0.4, -0.2) is 15.7 Å². The van der Waals surface area contributed by atoms with Crippen molar-refractivity contribution in [2.45, 2.75) is 20.8 Å². The molecule has 0 aliphatic rings. The molecule has 1 heterocycles. The maximum Gasteiger partial charge on any atom is 0.271 e. The number of aliphatic imine (C=N–C) groups is 1. The Morgan fingerprint density at radius 3 is 2.58 bits per heavy atom. The molecule has 26 heavy (non-hydrogen) atoms. The number of nitro groups is 1. The zero-order chi connectivity index (χ0) is 18.8. The van der Waals surface area contributed by atoms with Crippen LogP contribution in [0, 0.1) is 36.7 Å². The third kappa shape index (κ3) is 3.39. The highest BCUT2D eigenvalue weighted by molar-refractivity contribution is 5.84. The highest BCUT2D eigenvalue weighted by Crippen LogP contribution is 2.24. The van der Waals surface area contributed by atoms with Crippen molar-refractivity contribution in [3.8, 4) is 5.69 Å². The summed E-state index contributed by atoms with van der Waals surface area (Å²) in [5, 5.41) is 11.0. The minimum absolute atomic E-state index is 0.0482. The molecule has 0 N–H and O–H groups in total. The Bertz CT molecular complexity index is 1020. The zero-order valence-corrected chi connectivity index (χ0v) is 14.7. The van der Waals surface area contributed by atoms with Gasteiger partial charge >= 0.3 is 0 Å². The Balaban J connectivity index is 1.98. The number of hydrogen-bond acceptors (Lipinski definition) is 3. The fourth-order valence-corrected chi connectivity index (χ4v) is 2.91. The fraction of sp³-hybridized carbons (Fsp3) is 0.150. The largest absolute Gasteiger partial charge is 0.318 e. The number of aryl methyl sites for hydroxylation is 2. The van der Waals surface area contributed by atoms with Gasteiger partial charge in [0.05, 0.1) is 16.3 Å². The minimum Gasteiger partial charge on any atom is -0.318 e. The van der Waals surface area contributed by atoms with Gasteiger partial charge < -0.3 is 4.57 Å². The molecule has 0 unspecified atom stereocenters. The van der Waals surface area contributed by atoms with Gasteiger partial charge in [-0.2, -0.15) is 0 Å². The highest BCUT2D eigenvalue weighted by atomic mass is 19.1. The number of aromatic nitrogens is 1. The van der Waals surface area contributed by atoms with Crippen LogP contribution in [0.4, 0.5) is 15.8 Å². The van der Waals surface area contributed by atoms with E-state index < -0.39 is 4.92 Å². The topological polar surface area (TPSA) is 60.4 Å². The molecule has 0 bridgehead atoms. The average Bonchev–Trinajstić information content (AvgIpc) is 2.89. The monoisotopic (exact) mass is 351 g/mol. The van der Waals surface area contributed by atoms with Crippen molar-refractivity contribution in [3.05, 3.63) is 87.0 Å². The van der Waals surface area contributed by atoms with Crippen molar-refractivity contribution in [2.24, 2.45) is 4.99 Å². The standard InChI is InChI=1S/C20H18FN3O2/c1-13-9-17(7-8-20(13)21)22-12-16-10-14(2)23(15(16)3)18-5-4-6-19(11-18)24(25)26/h4-12H,1-3H3. The normalized spacial score (nSPS) is 11.2. The number of halogens is 1. The Hall–Kier alpha value is -3.28. The van der Waals surface area contributed by atoms with E-state index in [1.165, 1.54) is 12.1 Å². The minimum atomic E-state index is -0.406. The Labute approximate surface area is 150 Å². The fourth-order valence-electron chi connectivity index (χ4n) is 2.91. The van der Waals surface area contributed by atoms with Gasteiger partial charge in [0.2, 0.25) is 0 Å². The second-order valence-electron chi connectivity index (χ2n) is 6.13. The number of benzene rings is 2. The van der Waals surface area contributed by atoms with Crippen LogP contribution in [0.5, 0.6) is 0 Å². The van der Waals surface area contributed by atoms with Crippen molar-refractivity contribution < 1.29 is 9.31 Å². The summed E-state index contributed by atoms with van der Waals surface area (Å²) < 4.78 is 15.3. The summed E-state index contributed by atoms with van der Waals surface area (Å²) in [7, 11) is 0. The van der Waals surface area contributed by atoms with Gasteiger partial charge in [-0.15, -0.1) is 0 Å².